The highest BCUT2D eigenvalue weighted by Crippen LogP contribution is 2.56. The molecule has 0 aromatic heterocycles. The molecular weight excluding hydrogens is 596 g/mol. The average Bonchev–Trinajstić information content (AvgIpc) is 3.04. The molecule has 46 heavy (non-hydrogen) atoms. The lowest BCUT2D eigenvalue weighted by Gasteiger charge is -2.50. The van der Waals surface area contributed by atoms with E-state index in [1.807, 2.05) is 0 Å². The van der Waals surface area contributed by atoms with E-state index in [2.05, 4.69) is 5.32 Å². The Balaban J connectivity index is 1.35. The molecule has 0 unspecified atom stereocenters. The Morgan fingerprint density at radius 2 is 1.50 bits per heavy atom. The molecule has 0 spiro atoms. The number of fused-ring (bicyclic) bond motifs is 3. The summed E-state index contributed by atoms with van der Waals surface area (Å²) >= 11 is 0. The van der Waals surface area contributed by atoms with Crippen LogP contribution in [0.15, 0.2) is 83.6 Å². The number of aliphatic hydroxyl groups excluding tert-OH is 3. The summed E-state index contributed by atoms with van der Waals surface area (Å²) < 4.78 is 0. The van der Waals surface area contributed by atoms with Crippen LogP contribution in [0.25, 0.3) is 5.76 Å². The molecule has 12 heteroatoms. The van der Waals surface area contributed by atoms with Crippen molar-refractivity contribution in [1.29, 1.82) is 0 Å². The van der Waals surface area contributed by atoms with Gasteiger partial charge in [0.2, 0.25) is 5.78 Å². The van der Waals surface area contributed by atoms with E-state index in [4.69, 9.17) is 5.73 Å². The van der Waals surface area contributed by atoms with E-state index in [0.717, 1.165) is 0 Å². The molecule has 0 aliphatic heterocycles. The van der Waals surface area contributed by atoms with Gasteiger partial charge in [-0.15, -0.1) is 0 Å². The molecule has 2 amide bonds. The van der Waals surface area contributed by atoms with Crippen molar-refractivity contribution >= 4 is 40.6 Å². The van der Waals surface area contributed by atoms with Crippen LogP contribution in [0, 0.1) is 11.8 Å². The number of aromatic hydroxyl groups is 1. The summed E-state index contributed by atoms with van der Waals surface area (Å²) in [5.74, 6) is -10.8. The first kappa shape index (κ1) is 30.4. The van der Waals surface area contributed by atoms with Crippen LogP contribution in [-0.4, -0.2) is 66.4 Å². The van der Waals surface area contributed by atoms with Gasteiger partial charge in [-0.3, -0.25) is 24.0 Å². The van der Waals surface area contributed by atoms with Crippen molar-refractivity contribution < 1.29 is 49.5 Å². The van der Waals surface area contributed by atoms with Crippen molar-refractivity contribution in [3.63, 3.8) is 0 Å². The Bertz CT molecular complexity index is 1930. The van der Waals surface area contributed by atoms with Gasteiger partial charge in [0.1, 0.15) is 22.8 Å². The second kappa shape index (κ2) is 10.8. The van der Waals surface area contributed by atoms with Gasteiger partial charge in [-0.25, -0.2) is 0 Å². The lowest BCUT2D eigenvalue weighted by Crippen LogP contribution is -2.63. The topological polar surface area (TPSA) is 225 Å². The molecule has 3 aliphatic carbocycles. The van der Waals surface area contributed by atoms with E-state index in [1.54, 1.807) is 37.3 Å². The third-order valence-electron chi connectivity index (χ3n) is 9.19. The summed E-state index contributed by atoms with van der Waals surface area (Å²) in [5, 5.41) is 58.7. The van der Waals surface area contributed by atoms with Gasteiger partial charge >= 0.3 is 0 Å². The standard InChI is InChI=1S/C34H28N2O10/c1-14-18-11-12-20(36-33(45)17-9-7-16(8-10-17)26(38)15-5-3-2-4-6-15)28(40)23(18)29(41)25-22(14)27(39)19-13-21(37)24(32(35)44)30(42)34(19,46)31(25)43/h2-12,14,19,22,27,39-42,46H,13H2,1H3,(H2,35,44)(H,36,45)/t14-,19+,22+,27+,34+/m0/s1. The number of carbonyl (C=O) groups is 5. The molecule has 0 bridgehead atoms. The van der Waals surface area contributed by atoms with E-state index in [1.165, 1.54) is 36.4 Å². The first-order chi connectivity index (χ1) is 21.8. The molecule has 5 atom stereocenters. The Morgan fingerprint density at radius 1 is 0.891 bits per heavy atom. The fourth-order valence-corrected chi connectivity index (χ4v) is 6.82. The summed E-state index contributed by atoms with van der Waals surface area (Å²) in [7, 11) is 0. The molecule has 12 nitrogen and oxygen atoms in total. The normalized spacial score (nSPS) is 25.4. The van der Waals surface area contributed by atoms with Crippen LogP contribution in [0.1, 0.15) is 56.7 Å². The Hall–Kier alpha value is -5.59. The fraction of sp³-hybridized carbons (Fsp3) is 0.206. The zero-order valence-electron chi connectivity index (χ0n) is 24.2. The Morgan fingerprint density at radius 3 is 2.13 bits per heavy atom. The third-order valence-corrected chi connectivity index (χ3v) is 9.19. The monoisotopic (exact) mass is 624 g/mol. The van der Waals surface area contributed by atoms with Crippen LogP contribution in [0.5, 0.6) is 5.75 Å². The maximum atomic E-state index is 13.8. The van der Waals surface area contributed by atoms with Gasteiger partial charge in [-0.05, 0) is 29.7 Å². The Labute approximate surface area is 261 Å². The molecule has 6 rings (SSSR count). The number of anilines is 1. The minimum atomic E-state index is -2.95. The van der Waals surface area contributed by atoms with Crippen LogP contribution in [0.4, 0.5) is 5.69 Å². The van der Waals surface area contributed by atoms with Crippen molar-refractivity contribution in [2.75, 3.05) is 5.32 Å². The molecule has 234 valence electrons. The van der Waals surface area contributed by atoms with Gasteiger partial charge in [-0.1, -0.05) is 55.5 Å². The highest BCUT2D eigenvalue weighted by molar-refractivity contribution is 6.23. The van der Waals surface area contributed by atoms with Gasteiger partial charge in [0.15, 0.2) is 17.2 Å². The van der Waals surface area contributed by atoms with Crippen molar-refractivity contribution in [2.45, 2.75) is 31.0 Å². The number of amides is 2. The number of hydrogen-bond acceptors (Lipinski definition) is 10. The highest BCUT2D eigenvalue weighted by Gasteiger charge is 2.64. The lowest BCUT2D eigenvalue weighted by atomic mass is 9.55. The van der Waals surface area contributed by atoms with E-state index in [9.17, 15) is 49.5 Å². The number of nitrogens with one attached hydrogen (secondary N) is 1. The number of carbonyl (C=O) groups excluding carboxylic acids is 5. The summed E-state index contributed by atoms with van der Waals surface area (Å²) in [6.07, 6.45) is -2.32. The minimum Gasteiger partial charge on any atom is -0.508 e. The van der Waals surface area contributed by atoms with Crippen LogP contribution < -0.4 is 11.1 Å². The number of hydrogen-bond donors (Lipinski definition) is 7. The first-order valence-electron chi connectivity index (χ1n) is 14.3. The molecule has 0 heterocycles. The van der Waals surface area contributed by atoms with Gasteiger partial charge < -0.3 is 36.6 Å². The first-order valence-corrected chi connectivity index (χ1v) is 14.3. The molecule has 1 fully saturated rings. The molecule has 0 saturated heterocycles. The van der Waals surface area contributed by atoms with E-state index < -0.39 is 87.7 Å². The number of nitrogens with two attached hydrogens (primary N) is 1. The fourth-order valence-electron chi connectivity index (χ4n) is 6.82. The van der Waals surface area contributed by atoms with E-state index in [-0.39, 0.29) is 22.6 Å². The summed E-state index contributed by atoms with van der Waals surface area (Å²) in [5.41, 5.74) is 1.62. The quantitative estimate of drug-likeness (QED) is 0.125. The van der Waals surface area contributed by atoms with E-state index in [0.29, 0.717) is 16.7 Å². The number of phenols is 1. The van der Waals surface area contributed by atoms with Crippen molar-refractivity contribution in [3.8, 4) is 5.75 Å². The predicted octanol–water partition coefficient (Wildman–Crippen LogP) is 2.44. The molecule has 0 radical (unpaired) electrons. The largest absolute Gasteiger partial charge is 0.508 e. The SMILES string of the molecule is C[C@H]1c2ccc(NC(=O)c3ccc(C(=O)c4ccccc4)cc3)c(O)c2C(O)=C2C(=O)[C@]3(O)C(O)=C(C(N)=O)C(=O)C[C@@H]3[C@@H](O)[C@@H]21. The number of benzene rings is 3. The molecule has 3 aliphatic rings. The predicted molar refractivity (Wildman–Crippen MR) is 162 cm³/mol. The second-order valence-electron chi connectivity index (χ2n) is 11.6. The van der Waals surface area contributed by atoms with Crippen molar-refractivity contribution in [3.05, 3.63) is 111 Å². The van der Waals surface area contributed by atoms with Gasteiger partial charge in [-0.2, -0.15) is 0 Å². The number of phenolic OH excluding ortho intramolecular Hbond substituents is 1. The van der Waals surface area contributed by atoms with Crippen molar-refractivity contribution in [2.24, 2.45) is 17.6 Å². The third kappa shape index (κ3) is 4.33. The summed E-state index contributed by atoms with van der Waals surface area (Å²) in [6, 6.07) is 17.3. The molecule has 3 aromatic carbocycles. The summed E-state index contributed by atoms with van der Waals surface area (Å²) in [4.78, 5) is 64.1. The van der Waals surface area contributed by atoms with Gasteiger partial charge in [0.25, 0.3) is 11.8 Å². The van der Waals surface area contributed by atoms with Crippen LogP contribution in [-0.2, 0) is 14.4 Å². The average molecular weight is 625 g/mol. The van der Waals surface area contributed by atoms with Crippen molar-refractivity contribution in [1.82, 2.24) is 0 Å². The minimum absolute atomic E-state index is 0.145. The maximum Gasteiger partial charge on any atom is 0.255 e. The molecule has 1 saturated carbocycles. The zero-order valence-corrected chi connectivity index (χ0v) is 24.2. The Kier molecular flexibility index (Phi) is 7.14. The number of aliphatic hydroxyl groups is 4. The summed E-state index contributed by atoms with van der Waals surface area (Å²) in [6.45, 7) is 1.60. The van der Waals surface area contributed by atoms with Crippen LogP contribution in [0.2, 0.25) is 0 Å². The van der Waals surface area contributed by atoms with Gasteiger partial charge in [0.05, 0.1) is 17.4 Å². The smallest absolute Gasteiger partial charge is 0.255 e. The number of primary amides is 1. The molecule has 8 N–H and O–H groups in total. The number of Topliss-reactive ketones (excluding diaryl/α,β-unsaturated/α-hetero) is 2. The van der Waals surface area contributed by atoms with Crippen LogP contribution >= 0.6 is 0 Å². The van der Waals surface area contributed by atoms with E-state index >= 15 is 0 Å². The molecular formula is C34H28N2O10. The second-order valence-corrected chi connectivity index (χ2v) is 11.6. The van der Waals surface area contributed by atoms with Crippen LogP contribution in [0.3, 0.4) is 0 Å². The maximum absolute atomic E-state index is 13.8. The number of ketones is 3. The highest BCUT2D eigenvalue weighted by atomic mass is 16.4. The lowest BCUT2D eigenvalue weighted by molar-refractivity contribution is -0.160. The van der Waals surface area contributed by atoms with Gasteiger partial charge in [0, 0.05) is 40.5 Å². The number of rotatable bonds is 5. The zero-order chi connectivity index (χ0) is 33.2. The molecule has 3 aromatic rings.